The van der Waals surface area contributed by atoms with Crippen LogP contribution in [0.2, 0.25) is 0 Å². The number of piperidine rings is 1. The zero-order chi connectivity index (χ0) is 24.2. The van der Waals surface area contributed by atoms with E-state index in [-0.39, 0.29) is 24.5 Å². The fourth-order valence-electron chi connectivity index (χ4n) is 4.64. The molecular formula is C24H31N7O4. The number of aromatic nitrogens is 5. The number of carbonyl (C=O) groups is 1. The van der Waals surface area contributed by atoms with Crippen molar-refractivity contribution in [2.24, 2.45) is 0 Å². The van der Waals surface area contributed by atoms with Crippen LogP contribution in [0.1, 0.15) is 54.7 Å². The van der Waals surface area contributed by atoms with Gasteiger partial charge in [0.1, 0.15) is 12.3 Å². The minimum atomic E-state index is -0.474. The van der Waals surface area contributed by atoms with Crippen LogP contribution < -0.4 is 15.0 Å². The van der Waals surface area contributed by atoms with Crippen molar-refractivity contribution in [1.82, 2.24) is 30.2 Å². The van der Waals surface area contributed by atoms with Gasteiger partial charge < -0.3 is 29.8 Å². The van der Waals surface area contributed by atoms with E-state index in [1.165, 1.54) is 5.56 Å². The first-order chi connectivity index (χ1) is 17.1. The van der Waals surface area contributed by atoms with Gasteiger partial charge in [-0.1, -0.05) is 0 Å². The van der Waals surface area contributed by atoms with E-state index in [1.807, 2.05) is 6.07 Å². The Hall–Kier alpha value is -3.31. The number of anilines is 1. The van der Waals surface area contributed by atoms with E-state index in [1.54, 1.807) is 13.1 Å². The van der Waals surface area contributed by atoms with Gasteiger partial charge in [0, 0.05) is 43.5 Å². The first kappa shape index (κ1) is 23.4. The summed E-state index contributed by atoms with van der Waals surface area (Å²) in [5.74, 6) is 0.318. The summed E-state index contributed by atoms with van der Waals surface area (Å²) in [6, 6.07) is 3.75. The molecule has 11 heteroatoms. The molecule has 0 aliphatic carbocycles. The number of H-pyrrole nitrogens is 1. The molecule has 2 aliphatic rings. The molecule has 2 aliphatic heterocycles. The molecule has 11 nitrogen and oxygen atoms in total. The number of pyridine rings is 1. The highest BCUT2D eigenvalue weighted by Crippen LogP contribution is 2.33. The lowest BCUT2D eigenvalue weighted by Crippen LogP contribution is -2.38. The third-order valence-electron chi connectivity index (χ3n) is 6.58. The van der Waals surface area contributed by atoms with E-state index in [0.717, 1.165) is 56.4 Å². The molecule has 3 aromatic heterocycles. The normalized spacial score (nSPS) is 19.7. The number of hydrogen-bond acceptors (Lipinski definition) is 9. The first-order valence-corrected chi connectivity index (χ1v) is 12.2. The lowest BCUT2D eigenvalue weighted by atomic mass is 9.89. The lowest BCUT2D eigenvalue weighted by molar-refractivity contribution is 0.0642. The van der Waals surface area contributed by atoms with Gasteiger partial charge in [-0.15, -0.1) is 0 Å². The van der Waals surface area contributed by atoms with Crippen LogP contribution in [0.15, 0.2) is 24.5 Å². The smallest absolute Gasteiger partial charge is 0.322 e. The average Bonchev–Trinajstić information content (AvgIpc) is 3.57. The maximum atomic E-state index is 12.7. The Morgan fingerprint density at radius 1 is 1.31 bits per heavy atom. The Labute approximate surface area is 203 Å². The van der Waals surface area contributed by atoms with Crippen LogP contribution in [0.5, 0.6) is 6.01 Å². The third kappa shape index (κ3) is 5.35. The van der Waals surface area contributed by atoms with Crippen molar-refractivity contribution in [2.75, 3.05) is 37.8 Å². The fraction of sp³-hybridized carbons (Fsp3) is 0.542. The summed E-state index contributed by atoms with van der Waals surface area (Å²) in [5.41, 5.74) is 2.19. The van der Waals surface area contributed by atoms with Crippen LogP contribution in [-0.4, -0.2) is 81.0 Å². The quantitative estimate of drug-likeness (QED) is 0.439. The van der Waals surface area contributed by atoms with Crippen molar-refractivity contribution < 1.29 is 19.4 Å². The molecule has 0 saturated carbocycles. The average molecular weight is 482 g/mol. The zero-order valence-corrected chi connectivity index (χ0v) is 19.8. The molecule has 5 heterocycles. The van der Waals surface area contributed by atoms with Crippen molar-refractivity contribution in [3.63, 3.8) is 0 Å². The number of fused-ring (bicyclic) bond motifs is 1. The fourth-order valence-corrected chi connectivity index (χ4v) is 4.64. The number of ether oxygens (including phenoxy) is 2. The van der Waals surface area contributed by atoms with Crippen LogP contribution in [0, 0.1) is 0 Å². The van der Waals surface area contributed by atoms with Crippen LogP contribution in [0.25, 0.3) is 11.0 Å². The van der Waals surface area contributed by atoms with Crippen molar-refractivity contribution in [2.45, 2.75) is 50.7 Å². The van der Waals surface area contributed by atoms with Crippen LogP contribution in [0.4, 0.5) is 5.95 Å². The molecular weight excluding hydrogens is 450 g/mol. The SMILES string of the molecule is C[C@H](CO)NC(=O)c1nc(OC[C@H]2CCCO2)nc(N2CCC(c3c[nH]c4ncccc34)CC2)n1. The summed E-state index contributed by atoms with van der Waals surface area (Å²) in [5, 5.41) is 13.2. The summed E-state index contributed by atoms with van der Waals surface area (Å²) in [4.78, 5) is 35.6. The number of nitrogens with one attached hydrogen (secondary N) is 2. The van der Waals surface area contributed by atoms with Crippen LogP contribution in [0.3, 0.4) is 0 Å². The second-order valence-corrected chi connectivity index (χ2v) is 9.15. The molecule has 3 aromatic rings. The summed E-state index contributed by atoms with van der Waals surface area (Å²) in [6.45, 7) is 4.06. The van der Waals surface area contributed by atoms with Crippen molar-refractivity contribution in [1.29, 1.82) is 0 Å². The topological polar surface area (TPSA) is 138 Å². The number of rotatable bonds is 8. The van der Waals surface area contributed by atoms with Crippen LogP contribution >= 0.6 is 0 Å². The van der Waals surface area contributed by atoms with E-state index >= 15 is 0 Å². The highest BCUT2D eigenvalue weighted by Gasteiger charge is 2.27. The Kier molecular flexibility index (Phi) is 7.05. The lowest BCUT2D eigenvalue weighted by Gasteiger charge is -2.32. The molecule has 5 rings (SSSR count). The molecule has 0 spiro atoms. The number of nitrogens with zero attached hydrogens (tertiary/aromatic N) is 5. The summed E-state index contributed by atoms with van der Waals surface area (Å²) in [7, 11) is 0. The Bertz CT molecular complexity index is 1160. The number of aromatic amines is 1. The molecule has 0 unspecified atom stereocenters. The Balaban J connectivity index is 1.32. The van der Waals surface area contributed by atoms with E-state index in [0.29, 0.717) is 18.5 Å². The van der Waals surface area contributed by atoms with Gasteiger partial charge in [-0.25, -0.2) is 4.98 Å². The van der Waals surface area contributed by atoms with E-state index < -0.39 is 11.9 Å². The molecule has 2 atom stereocenters. The monoisotopic (exact) mass is 481 g/mol. The molecule has 0 radical (unpaired) electrons. The second kappa shape index (κ2) is 10.5. The molecule has 186 valence electrons. The largest absolute Gasteiger partial charge is 0.461 e. The predicted molar refractivity (Wildman–Crippen MR) is 129 cm³/mol. The molecule has 1 amide bonds. The van der Waals surface area contributed by atoms with Crippen molar-refractivity contribution in [3.8, 4) is 6.01 Å². The molecule has 2 fully saturated rings. The van der Waals surface area contributed by atoms with Gasteiger partial charge >= 0.3 is 6.01 Å². The van der Waals surface area contributed by atoms with Gasteiger partial charge in [0.15, 0.2) is 0 Å². The van der Waals surface area contributed by atoms with E-state index in [4.69, 9.17) is 9.47 Å². The van der Waals surface area contributed by atoms with Crippen molar-refractivity contribution in [3.05, 3.63) is 35.9 Å². The van der Waals surface area contributed by atoms with Crippen molar-refractivity contribution >= 4 is 22.9 Å². The standard InChI is InChI=1S/C24H31N7O4/c1-15(13-32)27-22(33)21-28-23(30-24(29-21)35-14-17-4-3-11-34-17)31-9-6-16(7-10-31)19-12-26-20-18(19)5-2-8-25-20/h2,5,8,12,15-17,32H,3-4,6-7,9-11,13-14H2,1H3,(H,25,26)(H,27,33)/t15-,17-/m1/s1. The number of aliphatic hydroxyl groups excluding tert-OH is 1. The number of carbonyl (C=O) groups excluding carboxylic acids is 1. The second-order valence-electron chi connectivity index (χ2n) is 9.15. The third-order valence-corrected chi connectivity index (χ3v) is 6.58. The molecule has 2 saturated heterocycles. The maximum Gasteiger partial charge on any atom is 0.322 e. The van der Waals surface area contributed by atoms with Gasteiger partial charge in [-0.05, 0) is 56.2 Å². The van der Waals surface area contributed by atoms with Gasteiger partial charge in [0.05, 0.1) is 12.7 Å². The number of amides is 1. The maximum absolute atomic E-state index is 12.7. The molecule has 0 aromatic carbocycles. The van der Waals surface area contributed by atoms with Crippen LogP contribution in [-0.2, 0) is 4.74 Å². The first-order valence-electron chi connectivity index (χ1n) is 12.2. The van der Waals surface area contributed by atoms with E-state index in [9.17, 15) is 9.90 Å². The number of aliphatic hydroxyl groups is 1. The Morgan fingerprint density at radius 3 is 2.94 bits per heavy atom. The van der Waals surface area contributed by atoms with E-state index in [2.05, 4.69) is 47.4 Å². The zero-order valence-electron chi connectivity index (χ0n) is 19.8. The number of hydrogen-bond donors (Lipinski definition) is 3. The highest BCUT2D eigenvalue weighted by atomic mass is 16.5. The summed E-state index contributed by atoms with van der Waals surface area (Å²) >= 11 is 0. The molecule has 35 heavy (non-hydrogen) atoms. The summed E-state index contributed by atoms with van der Waals surface area (Å²) < 4.78 is 11.4. The summed E-state index contributed by atoms with van der Waals surface area (Å²) in [6.07, 6.45) is 7.62. The highest BCUT2D eigenvalue weighted by molar-refractivity contribution is 5.91. The predicted octanol–water partition coefficient (Wildman–Crippen LogP) is 1.80. The minimum Gasteiger partial charge on any atom is -0.461 e. The van der Waals surface area contributed by atoms with Gasteiger partial charge in [0.25, 0.3) is 5.91 Å². The van der Waals surface area contributed by atoms with Gasteiger partial charge in [-0.3, -0.25) is 4.79 Å². The minimum absolute atomic E-state index is 0.00307. The van der Waals surface area contributed by atoms with Gasteiger partial charge in [-0.2, -0.15) is 15.0 Å². The molecule has 0 bridgehead atoms. The van der Waals surface area contributed by atoms with Gasteiger partial charge in [0.2, 0.25) is 11.8 Å². The Morgan fingerprint density at radius 2 is 2.17 bits per heavy atom. The molecule has 3 N–H and O–H groups in total.